The van der Waals surface area contributed by atoms with Gasteiger partial charge in [-0.3, -0.25) is 0 Å². The number of carbonyl (C=O) groups is 1. The second-order valence-corrected chi connectivity index (χ2v) is 4.78. The minimum absolute atomic E-state index is 0.00810. The summed E-state index contributed by atoms with van der Waals surface area (Å²) in [4.78, 5) is 15.3. The predicted octanol–water partition coefficient (Wildman–Crippen LogP) is 1.87. The largest absolute Gasteiger partial charge is 0.477 e. The van der Waals surface area contributed by atoms with Crippen molar-refractivity contribution in [2.24, 2.45) is 10.7 Å². The van der Waals surface area contributed by atoms with Crippen LogP contribution in [0.2, 0.25) is 0 Å². The Balaban J connectivity index is 2.67. The molecule has 0 aromatic carbocycles. The number of carboxylic acids is 1. The summed E-state index contributed by atoms with van der Waals surface area (Å²) in [7, 11) is 0. The fourth-order valence-corrected chi connectivity index (χ4v) is 2.19. The molecule has 0 aromatic heterocycles. The molecule has 3 N–H and O–H groups in total. The van der Waals surface area contributed by atoms with Crippen LogP contribution >= 0.6 is 0 Å². The van der Waals surface area contributed by atoms with Crippen molar-refractivity contribution >= 4 is 11.8 Å². The summed E-state index contributed by atoms with van der Waals surface area (Å²) < 4.78 is 0.218. The molecule has 0 amide bonds. The number of unbranched alkanes of at least 4 members (excludes halogenated alkanes) is 3. The quantitative estimate of drug-likeness (QED) is 0.494. The maximum absolute atomic E-state index is 11.0. The van der Waals surface area contributed by atoms with Gasteiger partial charge in [0.25, 0.3) is 0 Å². The Bertz CT molecular complexity index is 388. The van der Waals surface area contributed by atoms with Crippen molar-refractivity contribution in [3.05, 3.63) is 24.6 Å². The van der Waals surface area contributed by atoms with Gasteiger partial charge in [0.05, 0.1) is 6.20 Å². The molecule has 1 aliphatic heterocycles. The summed E-state index contributed by atoms with van der Waals surface area (Å²) in [5.74, 6) is -0.0727. The van der Waals surface area contributed by atoms with Crippen molar-refractivity contribution in [1.82, 2.24) is 0 Å². The molecular weight excluding hydrogens is 242 g/mol. The molecule has 1 rings (SSSR count). The predicted molar refractivity (Wildman–Crippen MR) is 76.5 cm³/mol. The minimum atomic E-state index is -0.841. The molecule has 0 saturated heterocycles. The number of nitrogens with zero attached hydrogens (tertiary/aromatic N) is 2. The van der Waals surface area contributed by atoms with Crippen molar-refractivity contribution in [1.29, 1.82) is 0 Å². The first-order valence-corrected chi connectivity index (χ1v) is 6.86. The first kappa shape index (κ1) is 15.6. The number of aliphatic imine (C=N–C) groups is 1. The lowest BCUT2D eigenvalue weighted by Gasteiger charge is -2.28. The molecule has 0 aliphatic carbocycles. The third-order valence-corrected chi connectivity index (χ3v) is 3.20. The average molecular weight is 266 g/mol. The second-order valence-electron chi connectivity index (χ2n) is 4.78. The van der Waals surface area contributed by atoms with Gasteiger partial charge in [-0.15, -0.1) is 0 Å². The highest BCUT2D eigenvalue weighted by Gasteiger charge is 2.35. The van der Waals surface area contributed by atoms with Crippen molar-refractivity contribution in [2.45, 2.75) is 32.6 Å². The van der Waals surface area contributed by atoms with Crippen molar-refractivity contribution in [3.8, 4) is 0 Å². The molecule has 1 atom stereocenters. The van der Waals surface area contributed by atoms with Crippen molar-refractivity contribution in [2.75, 3.05) is 19.6 Å². The summed E-state index contributed by atoms with van der Waals surface area (Å²) in [6, 6.07) is 0. The standard InChI is InChI=1S/C14H23N3O2/c1-2-3-4-5-6-7-13-16-9-11-17(13,10-8-15)12-14(18)19/h6-7,9,11H,2-5,8,10,12,15H2,1H3/p+1/b7-6+. The van der Waals surface area contributed by atoms with E-state index in [2.05, 4.69) is 18.0 Å². The van der Waals surface area contributed by atoms with E-state index in [1.54, 1.807) is 6.20 Å². The van der Waals surface area contributed by atoms with E-state index in [0.717, 1.165) is 18.7 Å². The lowest BCUT2D eigenvalue weighted by atomic mass is 10.2. The highest BCUT2D eigenvalue weighted by molar-refractivity contribution is 5.90. The van der Waals surface area contributed by atoms with Crippen LogP contribution in [-0.4, -0.2) is 41.0 Å². The second kappa shape index (κ2) is 7.86. The molecule has 19 heavy (non-hydrogen) atoms. The molecule has 0 fully saturated rings. The van der Waals surface area contributed by atoms with Crippen LogP contribution in [0, 0.1) is 0 Å². The monoisotopic (exact) mass is 266 g/mol. The topological polar surface area (TPSA) is 75.7 Å². The van der Waals surface area contributed by atoms with Gasteiger partial charge in [0.15, 0.2) is 6.54 Å². The van der Waals surface area contributed by atoms with Crippen LogP contribution in [0.4, 0.5) is 0 Å². The molecule has 0 bridgehead atoms. The Kier molecular flexibility index (Phi) is 6.45. The van der Waals surface area contributed by atoms with E-state index in [1.807, 2.05) is 12.3 Å². The van der Waals surface area contributed by atoms with Gasteiger partial charge in [-0.05, 0) is 12.8 Å². The minimum Gasteiger partial charge on any atom is -0.477 e. The van der Waals surface area contributed by atoms with E-state index < -0.39 is 5.97 Å². The highest BCUT2D eigenvalue weighted by atomic mass is 16.4. The van der Waals surface area contributed by atoms with Crippen LogP contribution in [0.1, 0.15) is 32.6 Å². The number of hydrogen-bond donors (Lipinski definition) is 2. The molecular formula is C14H24N3O2+. The van der Waals surface area contributed by atoms with Crippen LogP contribution in [0.5, 0.6) is 0 Å². The summed E-state index contributed by atoms with van der Waals surface area (Å²) >= 11 is 0. The number of aliphatic carboxylic acids is 1. The zero-order valence-electron chi connectivity index (χ0n) is 11.6. The van der Waals surface area contributed by atoms with Crippen LogP contribution in [-0.2, 0) is 4.79 Å². The molecule has 0 aromatic rings. The maximum Gasteiger partial charge on any atom is 0.360 e. The Labute approximate surface area is 114 Å². The van der Waals surface area contributed by atoms with Gasteiger partial charge in [0.2, 0.25) is 5.84 Å². The Hall–Kier alpha value is -1.46. The number of quaternary nitrogens is 1. The fraction of sp³-hybridized carbons (Fsp3) is 0.571. The number of amidine groups is 1. The number of carboxylic acid groups (broad SMARTS) is 1. The molecule has 1 heterocycles. The molecule has 1 unspecified atom stereocenters. The van der Waals surface area contributed by atoms with E-state index in [9.17, 15) is 4.79 Å². The zero-order chi connectivity index (χ0) is 14.1. The normalized spacial score (nSPS) is 22.1. The van der Waals surface area contributed by atoms with Gasteiger partial charge in [0, 0.05) is 12.6 Å². The van der Waals surface area contributed by atoms with Crippen LogP contribution in [0.15, 0.2) is 29.5 Å². The molecule has 0 saturated carbocycles. The zero-order valence-corrected chi connectivity index (χ0v) is 11.6. The smallest absolute Gasteiger partial charge is 0.360 e. The van der Waals surface area contributed by atoms with Gasteiger partial charge >= 0.3 is 5.97 Å². The third kappa shape index (κ3) is 4.61. The summed E-state index contributed by atoms with van der Waals surface area (Å²) in [6.45, 7) is 3.15. The summed E-state index contributed by atoms with van der Waals surface area (Å²) in [5.41, 5.74) is 5.60. The van der Waals surface area contributed by atoms with E-state index in [4.69, 9.17) is 10.8 Å². The van der Waals surface area contributed by atoms with Crippen molar-refractivity contribution < 1.29 is 14.4 Å². The van der Waals surface area contributed by atoms with Gasteiger partial charge in [0.1, 0.15) is 12.7 Å². The summed E-state index contributed by atoms with van der Waals surface area (Å²) in [6.07, 6.45) is 12.1. The molecule has 0 radical (unpaired) electrons. The van der Waals surface area contributed by atoms with Crippen molar-refractivity contribution in [3.63, 3.8) is 0 Å². The number of rotatable bonds is 9. The van der Waals surface area contributed by atoms with E-state index in [0.29, 0.717) is 13.1 Å². The highest BCUT2D eigenvalue weighted by Crippen LogP contribution is 2.17. The van der Waals surface area contributed by atoms with Gasteiger partial charge < -0.3 is 10.8 Å². The first-order chi connectivity index (χ1) is 9.14. The Morgan fingerprint density at radius 3 is 2.95 bits per heavy atom. The number of hydrogen-bond acceptors (Lipinski definition) is 3. The van der Waals surface area contributed by atoms with E-state index in [1.165, 1.54) is 12.8 Å². The van der Waals surface area contributed by atoms with E-state index in [-0.39, 0.29) is 11.0 Å². The van der Waals surface area contributed by atoms with Crippen LogP contribution < -0.4 is 5.73 Å². The molecule has 5 heteroatoms. The van der Waals surface area contributed by atoms with Gasteiger partial charge in [-0.2, -0.15) is 4.99 Å². The van der Waals surface area contributed by atoms with E-state index >= 15 is 0 Å². The first-order valence-electron chi connectivity index (χ1n) is 6.86. The molecule has 5 nitrogen and oxygen atoms in total. The maximum atomic E-state index is 11.0. The molecule has 0 spiro atoms. The SMILES string of the molecule is CCCCC/C=C/C1=NC=C[N+]1(CCN)CC(=O)O. The van der Waals surface area contributed by atoms with Crippen LogP contribution in [0.25, 0.3) is 0 Å². The van der Waals surface area contributed by atoms with Gasteiger partial charge in [-0.25, -0.2) is 9.28 Å². The lowest BCUT2D eigenvalue weighted by Crippen LogP contribution is -2.51. The number of allylic oxidation sites excluding steroid dienone is 1. The third-order valence-electron chi connectivity index (χ3n) is 3.20. The Morgan fingerprint density at radius 1 is 1.53 bits per heavy atom. The Morgan fingerprint density at radius 2 is 2.32 bits per heavy atom. The fourth-order valence-electron chi connectivity index (χ4n) is 2.19. The average Bonchev–Trinajstić information content (AvgIpc) is 2.71. The molecule has 1 aliphatic rings. The summed E-state index contributed by atoms with van der Waals surface area (Å²) in [5, 5.41) is 9.06. The molecule has 106 valence electrons. The lowest BCUT2D eigenvalue weighted by molar-refractivity contribution is -0.775. The van der Waals surface area contributed by atoms with Crippen LogP contribution in [0.3, 0.4) is 0 Å². The number of nitrogens with two attached hydrogens (primary N) is 1. The van der Waals surface area contributed by atoms with Gasteiger partial charge in [-0.1, -0.05) is 25.8 Å².